The average molecular weight is 318 g/mol. The van der Waals surface area contributed by atoms with Crippen molar-refractivity contribution in [3.8, 4) is 0 Å². The van der Waals surface area contributed by atoms with Crippen LogP contribution < -0.4 is 11.1 Å². The van der Waals surface area contributed by atoms with Crippen LogP contribution in [0.4, 0.5) is 11.4 Å². The lowest BCUT2D eigenvalue weighted by atomic mass is 10.0. The summed E-state index contributed by atoms with van der Waals surface area (Å²) in [6, 6.07) is 6.06. The third kappa shape index (κ3) is 2.55. The number of ether oxygens (including phenoxy) is 1. The molecule has 1 saturated heterocycles. The smallest absolute Gasteiger partial charge is 0.0694 e. The van der Waals surface area contributed by atoms with Gasteiger partial charge in [-0.2, -0.15) is 0 Å². The second-order valence-corrected chi connectivity index (χ2v) is 5.47. The lowest BCUT2D eigenvalue weighted by Crippen LogP contribution is -2.35. The van der Waals surface area contributed by atoms with Gasteiger partial charge in [0, 0.05) is 10.2 Å². The van der Waals surface area contributed by atoms with Crippen molar-refractivity contribution < 1.29 is 4.74 Å². The summed E-state index contributed by atoms with van der Waals surface area (Å²) >= 11 is 2.26. The standard InChI is InChI=1S/C11H15IN2O/c1-11(4-5-15-7-11)14-10-3-2-8(12)6-9(10)13/h2-3,6,14H,4-5,7,13H2,1H3. The molecular formula is C11H15IN2O. The van der Waals surface area contributed by atoms with Gasteiger partial charge in [0.25, 0.3) is 0 Å². The van der Waals surface area contributed by atoms with Crippen molar-refractivity contribution in [1.82, 2.24) is 0 Å². The molecule has 1 fully saturated rings. The Bertz CT molecular complexity index is 362. The number of nitrogens with two attached hydrogens (primary N) is 1. The van der Waals surface area contributed by atoms with Gasteiger partial charge in [-0.05, 0) is 54.1 Å². The van der Waals surface area contributed by atoms with Gasteiger partial charge >= 0.3 is 0 Å². The van der Waals surface area contributed by atoms with Gasteiger partial charge in [0.2, 0.25) is 0 Å². The summed E-state index contributed by atoms with van der Waals surface area (Å²) in [5.74, 6) is 0. The normalized spacial score (nSPS) is 25.5. The second-order valence-electron chi connectivity index (χ2n) is 4.22. The zero-order valence-corrected chi connectivity index (χ0v) is 10.9. The Labute approximate surface area is 104 Å². The molecule has 1 unspecified atom stereocenters. The van der Waals surface area contributed by atoms with E-state index in [2.05, 4.69) is 40.9 Å². The maximum atomic E-state index is 5.95. The Hall–Kier alpha value is -0.490. The van der Waals surface area contributed by atoms with Gasteiger partial charge in [0.1, 0.15) is 0 Å². The van der Waals surface area contributed by atoms with Crippen LogP contribution in [0.15, 0.2) is 18.2 Å². The van der Waals surface area contributed by atoms with E-state index in [1.54, 1.807) is 0 Å². The van der Waals surface area contributed by atoms with Crippen molar-refractivity contribution in [2.75, 3.05) is 24.3 Å². The number of anilines is 2. The van der Waals surface area contributed by atoms with Gasteiger partial charge in [-0.25, -0.2) is 0 Å². The highest BCUT2D eigenvalue weighted by molar-refractivity contribution is 14.1. The fourth-order valence-corrected chi connectivity index (χ4v) is 2.25. The summed E-state index contributed by atoms with van der Waals surface area (Å²) in [4.78, 5) is 0. The monoisotopic (exact) mass is 318 g/mol. The van der Waals surface area contributed by atoms with Crippen LogP contribution in [0.2, 0.25) is 0 Å². The van der Waals surface area contributed by atoms with Crippen LogP contribution in [0.5, 0.6) is 0 Å². The van der Waals surface area contributed by atoms with Crippen molar-refractivity contribution in [1.29, 1.82) is 0 Å². The first kappa shape index (κ1) is 11.0. The third-order valence-corrected chi connectivity index (χ3v) is 3.34. The number of hydrogen-bond donors (Lipinski definition) is 2. The molecule has 1 heterocycles. The molecule has 3 nitrogen and oxygen atoms in total. The van der Waals surface area contributed by atoms with Crippen LogP contribution in [-0.2, 0) is 4.74 Å². The highest BCUT2D eigenvalue weighted by Crippen LogP contribution is 2.28. The molecule has 0 aliphatic carbocycles. The highest BCUT2D eigenvalue weighted by Gasteiger charge is 2.29. The quantitative estimate of drug-likeness (QED) is 0.650. The predicted molar refractivity (Wildman–Crippen MR) is 71.0 cm³/mol. The van der Waals surface area contributed by atoms with E-state index in [0.717, 1.165) is 34.6 Å². The largest absolute Gasteiger partial charge is 0.397 e. The van der Waals surface area contributed by atoms with Crippen molar-refractivity contribution in [3.63, 3.8) is 0 Å². The molecule has 0 aromatic heterocycles. The van der Waals surface area contributed by atoms with Crippen LogP contribution in [0, 0.1) is 3.57 Å². The van der Waals surface area contributed by atoms with Crippen LogP contribution in [-0.4, -0.2) is 18.8 Å². The Morgan fingerprint density at radius 3 is 2.93 bits per heavy atom. The maximum Gasteiger partial charge on any atom is 0.0694 e. The number of benzene rings is 1. The molecule has 3 N–H and O–H groups in total. The second kappa shape index (κ2) is 4.17. The molecule has 1 aliphatic heterocycles. The van der Waals surface area contributed by atoms with Crippen molar-refractivity contribution in [2.45, 2.75) is 18.9 Å². The minimum absolute atomic E-state index is 0.0287. The van der Waals surface area contributed by atoms with Crippen LogP contribution >= 0.6 is 22.6 Å². The van der Waals surface area contributed by atoms with Crippen molar-refractivity contribution >= 4 is 34.0 Å². The minimum atomic E-state index is 0.0287. The molecule has 0 radical (unpaired) electrons. The molecule has 82 valence electrons. The molecule has 1 aromatic carbocycles. The zero-order valence-electron chi connectivity index (χ0n) is 8.72. The van der Waals surface area contributed by atoms with Crippen molar-refractivity contribution in [3.05, 3.63) is 21.8 Å². The van der Waals surface area contributed by atoms with E-state index in [9.17, 15) is 0 Å². The number of nitrogen functional groups attached to an aromatic ring is 1. The van der Waals surface area contributed by atoms with E-state index in [4.69, 9.17) is 10.5 Å². The third-order valence-electron chi connectivity index (χ3n) is 2.67. The van der Waals surface area contributed by atoms with Crippen LogP contribution in [0.3, 0.4) is 0 Å². The number of hydrogen-bond acceptors (Lipinski definition) is 3. The molecule has 0 saturated carbocycles. The number of halogens is 1. The molecular weight excluding hydrogens is 303 g/mol. The summed E-state index contributed by atoms with van der Waals surface area (Å²) in [6.07, 6.45) is 1.03. The lowest BCUT2D eigenvalue weighted by Gasteiger charge is -2.25. The van der Waals surface area contributed by atoms with E-state index in [1.165, 1.54) is 0 Å². The summed E-state index contributed by atoms with van der Waals surface area (Å²) < 4.78 is 6.55. The van der Waals surface area contributed by atoms with Gasteiger partial charge in [-0.15, -0.1) is 0 Å². The molecule has 15 heavy (non-hydrogen) atoms. The van der Waals surface area contributed by atoms with Gasteiger partial charge < -0.3 is 15.8 Å². The van der Waals surface area contributed by atoms with Gasteiger partial charge in [-0.1, -0.05) is 0 Å². The van der Waals surface area contributed by atoms with Gasteiger partial charge in [0.05, 0.1) is 23.5 Å². The van der Waals surface area contributed by atoms with Crippen molar-refractivity contribution in [2.24, 2.45) is 0 Å². The predicted octanol–water partition coefficient (Wildman–Crippen LogP) is 2.46. The first-order chi connectivity index (χ1) is 7.09. The fourth-order valence-electron chi connectivity index (χ4n) is 1.74. The summed E-state index contributed by atoms with van der Waals surface area (Å²) in [5.41, 5.74) is 7.78. The van der Waals surface area contributed by atoms with Gasteiger partial charge in [-0.3, -0.25) is 0 Å². The van der Waals surface area contributed by atoms with Crippen LogP contribution in [0.25, 0.3) is 0 Å². The Morgan fingerprint density at radius 1 is 1.53 bits per heavy atom. The maximum absolute atomic E-state index is 5.95. The molecule has 2 rings (SSSR count). The first-order valence-corrected chi connectivity index (χ1v) is 6.08. The van der Waals surface area contributed by atoms with Gasteiger partial charge in [0.15, 0.2) is 0 Å². The topological polar surface area (TPSA) is 47.3 Å². The lowest BCUT2D eigenvalue weighted by molar-refractivity contribution is 0.185. The molecule has 4 heteroatoms. The molecule has 1 aliphatic rings. The molecule has 0 bridgehead atoms. The summed E-state index contributed by atoms with van der Waals surface area (Å²) in [5, 5.41) is 3.46. The summed E-state index contributed by atoms with van der Waals surface area (Å²) in [6.45, 7) is 3.74. The first-order valence-electron chi connectivity index (χ1n) is 5.00. The average Bonchev–Trinajstić information content (AvgIpc) is 2.58. The van der Waals surface area contributed by atoms with E-state index in [0.29, 0.717) is 0 Å². The molecule has 1 atom stereocenters. The zero-order chi connectivity index (χ0) is 10.9. The Morgan fingerprint density at radius 2 is 2.33 bits per heavy atom. The molecule has 0 amide bonds. The van der Waals surface area contributed by atoms with E-state index in [-0.39, 0.29) is 5.54 Å². The van der Waals surface area contributed by atoms with E-state index < -0.39 is 0 Å². The van der Waals surface area contributed by atoms with E-state index in [1.807, 2.05) is 12.1 Å². The summed E-state index contributed by atoms with van der Waals surface area (Å²) in [7, 11) is 0. The fraction of sp³-hybridized carbons (Fsp3) is 0.455. The Kier molecular flexibility index (Phi) is 3.06. The SMILES string of the molecule is CC1(Nc2ccc(I)cc2N)CCOC1. The number of nitrogens with one attached hydrogen (secondary N) is 1. The van der Waals surface area contributed by atoms with E-state index >= 15 is 0 Å². The molecule has 0 spiro atoms. The highest BCUT2D eigenvalue weighted by atomic mass is 127. The minimum Gasteiger partial charge on any atom is -0.397 e. The Balaban J connectivity index is 2.16. The number of rotatable bonds is 2. The van der Waals surface area contributed by atoms with Crippen LogP contribution in [0.1, 0.15) is 13.3 Å². The molecule has 1 aromatic rings.